The van der Waals surface area contributed by atoms with Gasteiger partial charge in [-0.1, -0.05) is 42.0 Å². The van der Waals surface area contributed by atoms with Crippen LogP contribution in [0.25, 0.3) is 0 Å². The van der Waals surface area contributed by atoms with Crippen LogP contribution in [0.3, 0.4) is 0 Å². The smallest absolute Gasteiger partial charge is 0.147 e. The van der Waals surface area contributed by atoms with Gasteiger partial charge >= 0.3 is 0 Å². The number of aldehydes is 1. The van der Waals surface area contributed by atoms with Crippen LogP contribution in [0.15, 0.2) is 71.7 Å². The van der Waals surface area contributed by atoms with Gasteiger partial charge in [-0.2, -0.15) is 0 Å². The molecule has 3 aromatic carbocycles. The Balaban J connectivity index is 1.77. The van der Waals surface area contributed by atoms with Crippen LogP contribution in [0.1, 0.15) is 29.7 Å². The molecule has 0 fully saturated rings. The Morgan fingerprint density at radius 1 is 1.03 bits per heavy atom. The minimum absolute atomic E-state index is 0.372. The number of hydrogen-bond acceptors (Lipinski definition) is 5. The van der Waals surface area contributed by atoms with Gasteiger partial charge in [-0.25, -0.2) is 4.99 Å². The third kappa shape index (κ3) is 3.65. The number of carbonyl (C=O) groups is 1. The van der Waals surface area contributed by atoms with Crippen molar-refractivity contribution in [3.05, 3.63) is 83.4 Å². The first-order valence-corrected chi connectivity index (χ1v) is 9.66. The van der Waals surface area contributed by atoms with E-state index in [1.807, 2.05) is 66.4 Å². The van der Waals surface area contributed by atoms with Gasteiger partial charge in [0.15, 0.2) is 0 Å². The summed E-state index contributed by atoms with van der Waals surface area (Å²) >= 11 is 0. The summed E-state index contributed by atoms with van der Waals surface area (Å²) in [6.45, 7) is 4.36. The normalized spacial score (nSPS) is 15.5. The molecule has 5 heteroatoms. The minimum Gasteiger partial charge on any atom is -0.355 e. The standard InChI is InChI=1S/C24H24N4O/c1-16-7-10-19(11-8-16)27-20-12-9-18(14-25)23(13-20)28-17(2)26-22-6-4-3-5-21(22)24(28)15-29/h3-13,15,24,27H,14,25H2,1-2H3. The van der Waals surface area contributed by atoms with Crippen LogP contribution < -0.4 is 16.0 Å². The number of rotatable bonds is 5. The highest BCUT2D eigenvalue weighted by Crippen LogP contribution is 2.39. The summed E-state index contributed by atoms with van der Waals surface area (Å²) in [6, 6.07) is 21.6. The predicted molar refractivity (Wildman–Crippen MR) is 119 cm³/mol. The van der Waals surface area contributed by atoms with Crippen molar-refractivity contribution < 1.29 is 4.79 Å². The van der Waals surface area contributed by atoms with E-state index in [-0.39, 0.29) is 0 Å². The molecular weight excluding hydrogens is 360 g/mol. The lowest BCUT2D eigenvalue weighted by Crippen LogP contribution is -2.37. The molecule has 3 N–H and O–H groups in total. The van der Waals surface area contributed by atoms with E-state index in [4.69, 9.17) is 10.7 Å². The number of aryl methyl sites for hydroxylation is 1. The van der Waals surface area contributed by atoms with Gasteiger partial charge < -0.3 is 20.7 Å². The van der Waals surface area contributed by atoms with Crippen molar-refractivity contribution >= 4 is 34.9 Å². The number of anilines is 3. The summed E-state index contributed by atoms with van der Waals surface area (Å²) in [5, 5.41) is 3.43. The van der Waals surface area contributed by atoms with E-state index >= 15 is 0 Å². The molecule has 146 valence electrons. The quantitative estimate of drug-likeness (QED) is 0.607. The zero-order valence-corrected chi connectivity index (χ0v) is 16.6. The van der Waals surface area contributed by atoms with E-state index in [1.165, 1.54) is 5.56 Å². The van der Waals surface area contributed by atoms with Gasteiger partial charge in [0.2, 0.25) is 0 Å². The SMILES string of the molecule is CC1=Nc2ccccc2C(C=O)N1c1cc(Nc2ccc(C)cc2)ccc1CN. The van der Waals surface area contributed by atoms with Gasteiger partial charge in [0.1, 0.15) is 18.2 Å². The van der Waals surface area contributed by atoms with Crippen LogP contribution in [-0.2, 0) is 11.3 Å². The van der Waals surface area contributed by atoms with Gasteiger partial charge in [-0.15, -0.1) is 0 Å². The first-order valence-electron chi connectivity index (χ1n) is 9.66. The van der Waals surface area contributed by atoms with Crippen molar-refractivity contribution in [3.63, 3.8) is 0 Å². The van der Waals surface area contributed by atoms with Gasteiger partial charge in [0.25, 0.3) is 0 Å². The van der Waals surface area contributed by atoms with Gasteiger partial charge in [0.05, 0.1) is 5.69 Å². The molecule has 0 spiro atoms. The van der Waals surface area contributed by atoms with E-state index in [2.05, 4.69) is 24.4 Å². The molecule has 29 heavy (non-hydrogen) atoms. The van der Waals surface area contributed by atoms with Crippen LogP contribution >= 0.6 is 0 Å². The Hall–Kier alpha value is -3.44. The molecule has 0 saturated carbocycles. The van der Waals surface area contributed by atoms with Crippen molar-refractivity contribution in [1.82, 2.24) is 0 Å². The highest BCUT2D eigenvalue weighted by Gasteiger charge is 2.30. The number of aliphatic imine (C=N–C) groups is 1. The molecule has 1 heterocycles. The van der Waals surface area contributed by atoms with Crippen molar-refractivity contribution in [3.8, 4) is 0 Å². The molecule has 1 atom stereocenters. The van der Waals surface area contributed by atoms with E-state index in [1.54, 1.807) is 0 Å². The average molecular weight is 384 g/mol. The molecule has 1 unspecified atom stereocenters. The molecule has 5 nitrogen and oxygen atoms in total. The number of hydrogen-bond donors (Lipinski definition) is 2. The Morgan fingerprint density at radius 2 is 1.76 bits per heavy atom. The van der Waals surface area contributed by atoms with Crippen LogP contribution in [0.5, 0.6) is 0 Å². The molecule has 0 aromatic heterocycles. The zero-order valence-electron chi connectivity index (χ0n) is 16.6. The molecule has 4 rings (SSSR count). The number of nitrogens with one attached hydrogen (secondary N) is 1. The fourth-order valence-corrected chi connectivity index (χ4v) is 3.71. The number of fused-ring (bicyclic) bond motifs is 1. The second-order valence-corrected chi connectivity index (χ2v) is 7.21. The summed E-state index contributed by atoms with van der Waals surface area (Å²) in [5.74, 6) is 0.767. The van der Waals surface area contributed by atoms with Gasteiger partial charge in [-0.05, 0) is 49.7 Å². The summed E-state index contributed by atoms with van der Waals surface area (Å²) in [6.07, 6.45) is 0.970. The molecule has 0 aliphatic carbocycles. The maximum atomic E-state index is 12.1. The lowest BCUT2D eigenvalue weighted by Gasteiger charge is -2.35. The van der Waals surface area contributed by atoms with Crippen LogP contribution in [0, 0.1) is 6.92 Å². The lowest BCUT2D eigenvalue weighted by molar-refractivity contribution is -0.108. The van der Waals surface area contributed by atoms with E-state index < -0.39 is 6.04 Å². The second kappa shape index (κ2) is 7.89. The average Bonchev–Trinajstić information content (AvgIpc) is 2.74. The molecule has 0 radical (unpaired) electrons. The fourth-order valence-electron chi connectivity index (χ4n) is 3.71. The van der Waals surface area contributed by atoms with Crippen molar-refractivity contribution in [2.45, 2.75) is 26.4 Å². The number of nitrogens with two attached hydrogens (primary N) is 1. The molecule has 3 aromatic rings. The zero-order chi connectivity index (χ0) is 20.4. The van der Waals surface area contributed by atoms with Gasteiger partial charge in [0, 0.05) is 29.2 Å². The third-order valence-corrected chi connectivity index (χ3v) is 5.20. The summed E-state index contributed by atoms with van der Waals surface area (Å²) in [5.41, 5.74) is 12.7. The highest BCUT2D eigenvalue weighted by atomic mass is 16.1. The van der Waals surface area contributed by atoms with Gasteiger partial charge in [-0.3, -0.25) is 0 Å². The lowest BCUT2D eigenvalue weighted by atomic mass is 9.99. The van der Waals surface area contributed by atoms with E-state index in [9.17, 15) is 4.79 Å². The number of benzene rings is 3. The third-order valence-electron chi connectivity index (χ3n) is 5.20. The topological polar surface area (TPSA) is 70.7 Å². The van der Waals surface area contributed by atoms with Crippen molar-refractivity contribution in [2.24, 2.45) is 10.7 Å². The number of nitrogens with zero attached hydrogens (tertiary/aromatic N) is 2. The largest absolute Gasteiger partial charge is 0.355 e. The van der Waals surface area contributed by atoms with Crippen molar-refractivity contribution in [2.75, 3.05) is 10.2 Å². The summed E-state index contributed by atoms with van der Waals surface area (Å²) in [7, 11) is 0. The first kappa shape index (κ1) is 18.9. The van der Waals surface area contributed by atoms with Crippen LogP contribution in [-0.4, -0.2) is 12.1 Å². The second-order valence-electron chi connectivity index (χ2n) is 7.21. The van der Waals surface area contributed by atoms with E-state index in [0.29, 0.717) is 6.54 Å². The molecule has 1 aliphatic heterocycles. The monoisotopic (exact) mass is 384 g/mol. The fraction of sp³-hybridized carbons (Fsp3) is 0.167. The molecular formula is C24H24N4O. The molecule has 0 bridgehead atoms. The minimum atomic E-state index is -0.441. The molecule has 0 amide bonds. The summed E-state index contributed by atoms with van der Waals surface area (Å²) < 4.78 is 0. The number of para-hydroxylation sites is 1. The molecule has 1 aliphatic rings. The Kier molecular flexibility index (Phi) is 5.14. The Bertz CT molecular complexity index is 1070. The number of amidine groups is 1. The molecule has 0 saturated heterocycles. The van der Waals surface area contributed by atoms with Crippen LogP contribution in [0.4, 0.5) is 22.7 Å². The Morgan fingerprint density at radius 3 is 2.48 bits per heavy atom. The van der Waals surface area contributed by atoms with Crippen molar-refractivity contribution in [1.29, 1.82) is 0 Å². The summed E-state index contributed by atoms with van der Waals surface area (Å²) in [4.78, 5) is 18.8. The van der Waals surface area contributed by atoms with E-state index in [0.717, 1.165) is 46.0 Å². The predicted octanol–water partition coefficient (Wildman–Crippen LogP) is 5.01. The maximum absolute atomic E-state index is 12.1. The Labute approximate surface area is 170 Å². The van der Waals surface area contributed by atoms with Crippen LogP contribution in [0.2, 0.25) is 0 Å². The first-order chi connectivity index (χ1) is 14.1. The highest BCUT2D eigenvalue weighted by molar-refractivity contribution is 6.04. The maximum Gasteiger partial charge on any atom is 0.147 e. The number of carbonyl (C=O) groups excluding carboxylic acids is 1.